The normalized spacial score (nSPS) is 14.6. The van der Waals surface area contributed by atoms with E-state index in [1.165, 1.54) is 11.1 Å². The molecule has 0 radical (unpaired) electrons. The molecule has 1 aliphatic heterocycles. The highest BCUT2D eigenvalue weighted by molar-refractivity contribution is 5.94. The van der Waals surface area contributed by atoms with Crippen LogP contribution in [0.25, 0.3) is 0 Å². The monoisotopic (exact) mass is 362 g/mol. The predicted octanol–water partition coefficient (Wildman–Crippen LogP) is 3.93. The first-order valence-electron chi connectivity index (χ1n) is 9.69. The van der Waals surface area contributed by atoms with Crippen LogP contribution in [0.3, 0.4) is 0 Å². The summed E-state index contributed by atoms with van der Waals surface area (Å²) in [5.41, 5.74) is 3.96. The minimum atomic E-state index is 0.0225. The maximum Gasteiger partial charge on any atom is 0.227 e. The highest BCUT2D eigenvalue weighted by atomic mass is 16.1. The van der Waals surface area contributed by atoms with Gasteiger partial charge in [0.2, 0.25) is 5.91 Å². The van der Waals surface area contributed by atoms with E-state index < -0.39 is 0 Å². The smallest absolute Gasteiger partial charge is 0.227 e. The molecule has 1 aliphatic rings. The molecule has 2 heterocycles. The van der Waals surface area contributed by atoms with Gasteiger partial charge in [-0.1, -0.05) is 32.0 Å². The van der Waals surface area contributed by atoms with Crippen molar-refractivity contribution in [3.63, 3.8) is 0 Å². The van der Waals surface area contributed by atoms with Gasteiger partial charge >= 0.3 is 0 Å². The lowest BCUT2D eigenvalue weighted by molar-refractivity contribution is -0.120. The van der Waals surface area contributed by atoms with E-state index in [9.17, 15) is 4.79 Å². The molecule has 0 aliphatic carbocycles. The lowest BCUT2D eigenvalue weighted by Gasteiger charge is -2.32. The zero-order valence-corrected chi connectivity index (χ0v) is 16.0. The van der Waals surface area contributed by atoms with Crippen LogP contribution in [0.2, 0.25) is 0 Å². The van der Waals surface area contributed by atoms with Gasteiger partial charge in [0.15, 0.2) is 0 Å². The molecule has 1 saturated heterocycles. The van der Waals surface area contributed by atoms with Gasteiger partial charge in [-0.05, 0) is 48.9 Å². The number of hydrogen-bond acceptors (Lipinski definition) is 4. The van der Waals surface area contributed by atoms with Gasteiger partial charge in [-0.2, -0.15) is 5.26 Å². The van der Waals surface area contributed by atoms with Crippen molar-refractivity contribution in [1.29, 1.82) is 5.26 Å². The molecule has 5 heteroatoms. The van der Waals surface area contributed by atoms with Gasteiger partial charge in [-0.15, -0.1) is 0 Å². The summed E-state index contributed by atoms with van der Waals surface area (Å²) in [6, 6.07) is 12.0. The maximum absolute atomic E-state index is 12.8. The average Bonchev–Trinajstić information content (AvgIpc) is 2.74. The standard InChI is InChI=1S/C22H26N4O/c1-3-17-6-5-7-18(4-2)21(17)25-22(27)19-10-12-26(13-11-19)20-9-8-16(14-23)15-24-20/h5-9,15,19H,3-4,10-13H2,1-2H3,(H,25,27). The van der Waals surface area contributed by atoms with Crippen molar-refractivity contribution in [1.82, 2.24) is 4.98 Å². The van der Waals surface area contributed by atoms with Crippen molar-refractivity contribution < 1.29 is 4.79 Å². The van der Waals surface area contributed by atoms with E-state index in [4.69, 9.17) is 5.26 Å². The van der Waals surface area contributed by atoms with Crippen molar-refractivity contribution in [3.05, 3.63) is 53.2 Å². The summed E-state index contributed by atoms with van der Waals surface area (Å²) in [4.78, 5) is 19.4. The molecule has 2 aromatic rings. The fraction of sp³-hybridized carbons (Fsp3) is 0.409. The number of piperidine rings is 1. The van der Waals surface area contributed by atoms with Crippen LogP contribution < -0.4 is 10.2 Å². The Morgan fingerprint density at radius 2 is 1.85 bits per heavy atom. The minimum Gasteiger partial charge on any atom is -0.357 e. The second kappa shape index (κ2) is 8.68. The summed E-state index contributed by atoms with van der Waals surface area (Å²) in [7, 11) is 0. The summed E-state index contributed by atoms with van der Waals surface area (Å²) in [5.74, 6) is 1.02. The molecule has 1 aromatic heterocycles. The molecule has 3 rings (SSSR count). The Hall–Kier alpha value is -2.87. The Morgan fingerprint density at radius 3 is 2.37 bits per heavy atom. The van der Waals surface area contributed by atoms with Crippen LogP contribution in [0.1, 0.15) is 43.4 Å². The third-order valence-electron chi connectivity index (χ3n) is 5.31. The van der Waals surface area contributed by atoms with Crippen molar-refractivity contribution >= 4 is 17.4 Å². The number of aryl methyl sites for hydroxylation is 2. The van der Waals surface area contributed by atoms with Crippen LogP contribution >= 0.6 is 0 Å². The number of carbonyl (C=O) groups excluding carboxylic acids is 1. The van der Waals surface area contributed by atoms with E-state index in [1.54, 1.807) is 12.3 Å². The molecule has 0 bridgehead atoms. The summed E-state index contributed by atoms with van der Waals surface area (Å²) >= 11 is 0. The molecule has 5 nitrogen and oxygen atoms in total. The summed E-state index contributed by atoms with van der Waals surface area (Å²) in [5, 5.41) is 12.1. The lowest BCUT2D eigenvalue weighted by atomic mass is 9.95. The topological polar surface area (TPSA) is 69.0 Å². The van der Waals surface area contributed by atoms with E-state index in [2.05, 4.69) is 53.3 Å². The molecule has 0 atom stereocenters. The number of amides is 1. The average molecular weight is 362 g/mol. The Bertz CT molecular complexity index is 808. The number of pyridine rings is 1. The Labute approximate surface area is 161 Å². The summed E-state index contributed by atoms with van der Waals surface area (Å²) in [6.07, 6.45) is 5.03. The second-order valence-electron chi connectivity index (χ2n) is 6.93. The van der Waals surface area contributed by atoms with E-state index in [0.717, 1.165) is 50.3 Å². The van der Waals surface area contributed by atoms with E-state index in [1.807, 2.05) is 6.07 Å². The molecule has 0 spiro atoms. The number of nitrogens with one attached hydrogen (secondary N) is 1. The van der Waals surface area contributed by atoms with Gasteiger partial charge in [-0.25, -0.2) is 4.98 Å². The molecule has 1 N–H and O–H groups in total. The second-order valence-corrected chi connectivity index (χ2v) is 6.93. The molecule has 0 unspecified atom stereocenters. The van der Waals surface area contributed by atoms with Crippen molar-refractivity contribution in [2.75, 3.05) is 23.3 Å². The van der Waals surface area contributed by atoms with Gasteiger partial charge in [-0.3, -0.25) is 4.79 Å². The van der Waals surface area contributed by atoms with E-state index in [-0.39, 0.29) is 11.8 Å². The molecule has 1 amide bonds. The molecular formula is C22H26N4O. The van der Waals surface area contributed by atoms with Crippen molar-refractivity contribution in [2.45, 2.75) is 39.5 Å². The number of aromatic nitrogens is 1. The van der Waals surface area contributed by atoms with Gasteiger partial charge in [0, 0.05) is 30.9 Å². The molecule has 27 heavy (non-hydrogen) atoms. The van der Waals surface area contributed by atoms with Crippen LogP contribution in [0.4, 0.5) is 11.5 Å². The Morgan fingerprint density at radius 1 is 1.19 bits per heavy atom. The number of carbonyl (C=O) groups is 1. The first-order valence-corrected chi connectivity index (χ1v) is 9.69. The Kier molecular flexibility index (Phi) is 6.08. The number of nitrogens with zero attached hydrogens (tertiary/aromatic N) is 3. The molecular weight excluding hydrogens is 336 g/mol. The first kappa shape index (κ1) is 18.9. The number of benzene rings is 1. The van der Waals surface area contributed by atoms with E-state index >= 15 is 0 Å². The van der Waals surface area contributed by atoms with Crippen molar-refractivity contribution in [3.8, 4) is 6.07 Å². The zero-order chi connectivity index (χ0) is 19.2. The number of para-hydroxylation sites is 1. The Balaban J connectivity index is 1.63. The SMILES string of the molecule is CCc1cccc(CC)c1NC(=O)C1CCN(c2ccc(C#N)cn2)CC1. The fourth-order valence-corrected chi connectivity index (χ4v) is 3.64. The van der Waals surface area contributed by atoms with Crippen LogP contribution in [0, 0.1) is 17.2 Å². The molecule has 0 saturated carbocycles. The highest BCUT2D eigenvalue weighted by Crippen LogP contribution is 2.26. The maximum atomic E-state index is 12.8. The lowest BCUT2D eigenvalue weighted by Crippen LogP contribution is -2.38. The number of rotatable bonds is 5. The van der Waals surface area contributed by atoms with Gasteiger partial charge < -0.3 is 10.2 Å². The first-order chi connectivity index (χ1) is 13.2. The van der Waals surface area contributed by atoms with Crippen molar-refractivity contribution in [2.24, 2.45) is 5.92 Å². The molecule has 1 aromatic carbocycles. The van der Waals surface area contributed by atoms with Crippen LogP contribution in [0.5, 0.6) is 0 Å². The fourth-order valence-electron chi connectivity index (χ4n) is 3.64. The third-order valence-corrected chi connectivity index (χ3v) is 5.31. The largest absolute Gasteiger partial charge is 0.357 e. The predicted molar refractivity (Wildman–Crippen MR) is 108 cm³/mol. The minimum absolute atomic E-state index is 0.0225. The highest BCUT2D eigenvalue weighted by Gasteiger charge is 2.26. The summed E-state index contributed by atoms with van der Waals surface area (Å²) < 4.78 is 0. The van der Waals surface area contributed by atoms with E-state index in [0.29, 0.717) is 5.56 Å². The van der Waals surface area contributed by atoms with Gasteiger partial charge in [0.25, 0.3) is 0 Å². The van der Waals surface area contributed by atoms with Crippen LogP contribution in [0.15, 0.2) is 36.5 Å². The quantitative estimate of drug-likeness (QED) is 0.875. The third kappa shape index (κ3) is 4.28. The number of hydrogen-bond donors (Lipinski definition) is 1. The van der Waals surface area contributed by atoms with Crippen LogP contribution in [-0.4, -0.2) is 24.0 Å². The zero-order valence-electron chi connectivity index (χ0n) is 16.0. The summed E-state index contributed by atoms with van der Waals surface area (Å²) in [6.45, 7) is 5.83. The van der Waals surface area contributed by atoms with Gasteiger partial charge in [0.1, 0.15) is 11.9 Å². The van der Waals surface area contributed by atoms with Crippen LogP contribution in [-0.2, 0) is 17.6 Å². The molecule has 1 fully saturated rings. The number of nitriles is 1. The molecule has 140 valence electrons. The van der Waals surface area contributed by atoms with Gasteiger partial charge in [0.05, 0.1) is 5.56 Å². The number of anilines is 2.